The van der Waals surface area contributed by atoms with Crippen molar-refractivity contribution >= 4 is 0 Å². The maximum absolute atomic E-state index is 10.3. The Morgan fingerprint density at radius 1 is 1.45 bits per heavy atom. The molecular weight excluding hydrogens is 256 g/mol. The Kier molecular flexibility index (Phi) is 3.94. The highest BCUT2D eigenvalue weighted by atomic mass is 16.5. The largest absolute Gasteiger partial charge is 0.385 e. The first kappa shape index (κ1) is 13.5. The van der Waals surface area contributed by atoms with Crippen molar-refractivity contribution in [1.29, 1.82) is 5.26 Å². The molecule has 2 aliphatic rings. The molecule has 2 N–H and O–H groups in total. The second-order valence-corrected chi connectivity index (χ2v) is 5.30. The number of aliphatic hydroxyl groups excluding tert-OH is 1. The SMILES string of the molecule is N#Cc1ccc(C(O)CN2C3CNCC2COC3)nc1. The van der Waals surface area contributed by atoms with Crippen LogP contribution >= 0.6 is 0 Å². The Hall–Kier alpha value is -1.52. The molecule has 3 rings (SSSR count). The van der Waals surface area contributed by atoms with Gasteiger partial charge in [0, 0.05) is 37.9 Å². The summed E-state index contributed by atoms with van der Waals surface area (Å²) in [6.45, 7) is 3.75. The minimum absolute atomic E-state index is 0.315. The van der Waals surface area contributed by atoms with Crippen LogP contribution in [0.2, 0.25) is 0 Å². The predicted molar refractivity (Wildman–Crippen MR) is 71.9 cm³/mol. The predicted octanol–water partition coefficient (Wildman–Crippen LogP) is -0.341. The Morgan fingerprint density at radius 3 is 2.80 bits per heavy atom. The lowest BCUT2D eigenvalue weighted by atomic mass is 10.0. The van der Waals surface area contributed by atoms with Crippen molar-refractivity contribution in [3.8, 4) is 6.07 Å². The molecule has 3 heterocycles. The lowest BCUT2D eigenvalue weighted by Gasteiger charge is -2.46. The van der Waals surface area contributed by atoms with E-state index in [1.807, 2.05) is 6.07 Å². The zero-order chi connectivity index (χ0) is 13.9. The maximum Gasteiger partial charge on any atom is 0.109 e. The van der Waals surface area contributed by atoms with Gasteiger partial charge in [0.2, 0.25) is 0 Å². The van der Waals surface area contributed by atoms with Gasteiger partial charge < -0.3 is 15.2 Å². The van der Waals surface area contributed by atoms with Crippen molar-refractivity contribution in [2.24, 2.45) is 0 Å². The molecule has 0 spiro atoms. The standard InChI is InChI=1S/C14H18N4O2/c15-3-10-1-2-13(17-4-10)14(19)7-18-11-5-16-6-12(18)9-20-8-11/h1-2,4,11-12,14,16,19H,5-9H2. The van der Waals surface area contributed by atoms with Gasteiger partial charge in [-0.15, -0.1) is 0 Å². The molecule has 0 aromatic carbocycles. The maximum atomic E-state index is 10.3. The molecule has 2 saturated heterocycles. The van der Waals surface area contributed by atoms with Crippen molar-refractivity contribution in [3.63, 3.8) is 0 Å². The average Bonchev–Trinajstić information content (AvgIpc) is 2.47. The molecule has 106 valence electrons. The number of nitrogens with one attached hydrogen (secondary N) is 1. The van der Waals surface area contributed by atoms with Gasteiger partial charge in [0.15, 0.2) is 0 Å². The number of hydrogen-bond donors (Lipinski definition) is 2. The van der Waals surface area contributed by atoms with Crippen molar-refractivity contribution in [1.82, 2.24) is 15.2 Å². The molecule has 0 aliphatic carbocycles. The first-order valence-electron chi connectivity index (χ1n) is 6.86. The number of piperazine rings is 1. The normalized spacial score (nSPS) is 27.8. The smallest absolute Gasteiger partial charge is 0.109 e. The summed E-state index contributed by atoms with van der Waals surface area (Å²) in [7, 11) is 0. The number of aliphatic hydroxyl groups is 1. The Bertz CT molecular complexity index is 477. The Morgan fingerprint density at radius 2 is 2.20 bits per heavy atom. The number of fused-ring (bicyclic) bond motifs is 2. The number of nitrogens with zero attached hydrogens (tertiary/aromatic N) is 3. The van der Waals surface area contributed by atoms with E-state index in [9.17, 15) is 5.11 Å². The van der Waals surface area contributed by atoms with Crippen LogP contribution in [0.15, 0.2) is 18.3 Å². The van der Waals surface area contributed by atoms with E-state index >= 15 is 0 Å². The molecule has 0 amide bonds. The molecule has 0 radical (unpaired) electrons. The van der Waals surface area contributed by atoms with E-state index in [1.54, 1.807) is 12.1 Å². The summed E-state index contributed by atoms with van der Waals surface area (Å²) in [5.74, 6) is 0. The molecule has 2 bridgehead atoms. The van der Waals surface area contributed by atoms with Crippen LogP contribution < -0.4 is 5.32 Å². The molecular formula is C14H18N4O2. The summed E-state index contributed by atoms with van der Waals surface area (Å²) in [5.41, 5.74) is 1.12. The third-order valence-electron chi connectivity index (χ3n) is 3.96. The molecule has 2 fully saturated rings. The van der Waals surface area contributed by atoms with Crippen LogP contribution in [0.5, 0.6) is 0 Å². The van der Waals surface area contributed by atoms with Crippen molar-refractivity contribution in [3.05, 3.63) is 29.6 Å². The summed E-state index contributed by atoms with van der Waals surface area (Å²) in [5, 5.41) is 22.5. The quantitative estimate of drug-likeness (QED) is 0.785. The molecule has 1 aromatic heterocycles. The van der Waals surface area contributed by atoms with Gasteiger partial charge in [-0.3, -0.25) is 9.88 Å². The number of rotatable bonds is 3. The van der Waals surface area contributed by atoms with Gasteiger partial charge in [0.25, 0.3) is 0 Å². The van der Waals surface area contributed by atoms with Crippen molar-refractivity contribution in [2.45, 2.75) is 18.2 Å². The fourth-order valence-corrected chi connectivity index (χ4v) is 2.86. The van der Waals surface area contributed by atoms with E-state index in [4.69, 9.17) is 10.00 Å². The molecule has 2 aliphatic heterocycles. The number of ether oxygens (including phenoxy) is 1. The van der Waals surface area contributed by atoms with Gasteiger partial charge in [-0.25, -0.2) is 0 Å². The molecule has 6 heteroatoms. The number of aromatic nitrogens is 1. The zero-order valence-electron chi connectivity index (χ0n) is 11.2. The van der Waals surface area contributed by atoms with Crippen LogP contribution in [0.3, 0.4) is 0 Å². The highest BCUT2D eigenvalue weighted by Crippen LogP contribution is 2.21. The van der Waals surface area contributed by atoms with Gasteiger partial charge >= 0.3 is 0 Å². The van der Waals surface area contributed by atoms with Gasteiger partial charge in [-0.05, 0) is 12.1 Å². The third kappa shape index (κ3) is 2.67. The first-order chi connectivity index (χ1) is 9.78. The lowest BCUT2D eigenvalue weighted by Crippen LogP contribution is -2.64. The van der Waals surface area contributed by atoms with Gasteiger partial charge in [-0.2, -0.15) is 5.26 Å². The van der Waals surface area contributed by atoms with E-state index < -0.39 is 6.10 Å². The monoisotopic (exact) mass is 274 g/mol. The van der Waals surface area contributed by atoms with Gasteiger partial charge in [0.05, 0.1) is 24.5 Å². The average molecular weight is 274 g/mol. The number of hydrogen-bond acceptors (Lipinski definition) is 6. The summed E-state index contributed by atoms with van der Waals surface area (Å²) in [4.78, 5) is 6.47. The Balaban J connectivity index is 1.68. The van der Waals surface area contributed by atoms with Crippen molar-refractivity contribution in [2.75, 3.05) is 32.8 Å². The van der Waals surface area contributed by atoms with E-state index in [2.05, 4.69) is 15.2 Å². The van der Waals surface area contributed by atoms with Gasteiger partial charge in [-0.1, -0.05) is 0 Å². The highest BCUT2D eigenvalue weighted by molar-refractivity contribution is 5.27. The highest BCUT2D eigenvalue weighted by Gasteiger charge is 2.35. The minimum Gasteiger partial charge on any atom is -0.385 e. The summed E-state index contributed by atoms with van der Waals surface area (Å²) in [6.07, 6.45) is 0.865. The molecule has 1 aromatic rings. The number of morpholine rings is 1. The molecule has 6 nitrogen and oxygen atoms in total. The third-order valence-corrected chi connectivity index (χ3v) is 3.96. The molecule has 20 heavy (non-hydrogen) atoms. The van der Waals surface area contributed by atoms with Crippen LogP contribution in [0.1, 0.15) is 17.4 Å². The second-order valence-electron chi connectivity index (χ2n) is 5.30. The van der Waals surface area contributed by atoms with Crippen LogP contribution in [0, 0.1) is 11.3 Å². The number of nitriles is 1. The molecule has 0 saturated carbocycles. The van der Waals surface area contributed by atoms with Gasteiger partial charge in [0.1, 0.15) is 12.2 Å². The summed E-state index contributed by atoms with van der Waals surface area (Å²) in [6, 6.07) is 6.07. The fraction of sp³-hybridized carbons (Fsp3) is 0.571. The van der Waals surface area contributed by atoms with Crippen LogP contribution in [0.4, 0.5) is 0 Å². The van der Waals surface area contributed by atoms with Crippen LogP contribution in [-0.4, -0.2) is 59.9 Å². The topological polar surface area (TPSA) is 81.4 Å². The second kappa shape index (κ2) is 5.85. The molecule has 3 unspecified atom stereocenters. The zero-order valence-corrected chi connectivity index (χ0v) is 11.2. The van der Waals surface area contributed by atoms with E-state index in [0.717, 1.165) is 13.1 Å². The van der Waals surface area contributed by atoms with E-state index in [0.29, 0.717) is 43.1 Å². The van der Waals surface area contributed by atoms with Crippen LogP contribution in [-0.2, 0) is 4.74 Å². The number of pyridine rings is 1. The molecule has 3 atom stereocenters. The van der Waals surface area contributed by atoms with E-state index in [-0.39, 0.29) is 0 Å². The van der Waals surface area contributed by atoms with E-state index in [1.165, 1.54) is 6.20 Å². The van der Waals surface area contributed by atoms with Crippen molar-refractivity contribution < 1.29 is 9.84 Å². The lowest BCUT2D eigenvalue weighted by molar-refractivity contribution is -0.0795. The first-order valence-corrected chi connectivity index (χ1v) is 6.86. The summed E-state index contributed by atoms with van der Waals surface area (Å²) < 4.78 is 5.57. The Labute approximate surface area is 118 Å². The van der Waals surface area contributed by atoms with Crippen LogP contribution in [0.25, 0.3) is 0 Å². The minimum atomic E-state index is -0.635. The summed E-state index contributed by atoms with van der Waals surface area (Å²) >= 11 is 0. The fourth-order valence-electron chi connectivity index (χ4n) is 2.86.